The molecule has 0 spiro atoms. The highest BCUT2D eigenvalue weighted by atomic mass is 16.5. The third-order valence-electron chi connectivity index (χ3n) is 6.33. The van der Waals surface area contributed by atoms with E-state index < -0.39 is 17.7 Å². The number of carboxylic acid groups (broad SMARTS) is 1. The molecule has 0 bridgehead atoms. The number of hydrogen-bond acceptors (Lipinski definition) is 5. The predicted molar refractivity (Wildman–Crippen MR) is 128 cm³/mol. The molecule has 1 N–H and O–H groups in total. The molecule has 0 saturated carbocycles. The van der Waals surface area contributed by atoms with E-state index in [1.807, 2.05) is 42.5 Å². The molecule has 1 heterocycles. The Bertz CT molecular complexity index is 1020. The molecule has 6 heteroatoms. The molecule has 4 rings (SSSR count). The molecule has 6 nitrogen and oxygen atoms in total. The minimum Gasteiger partial charge on any atom is -0.483 e. The van der Waals surface area contributed by atoms with E-state index in [2.05, 4.69) is 35.2 Å². The Kier molecular flexibility index (Phi) is 7.16. The summed E-state index contributed by atoms with van der Waals surface area (Å²) in [7, 11) is 1.70. The minimum absolute atomic E-state index is 0.225. The summed E-state index contributed by atoms with van der Waals surface area (Å²) in [6, 6.07) is 18.5. The third-order valence-corrected chi connectivity index (χ3v) is 6.33. The monoisotopic (exact) mass is 449 g/mol. The van der Waals surface area contributed by atoms with Crippen molar-refractivity contribution in [1.82, 2.24) is 0 Å². The number of benzene rings is 2. The van der Waals surface area contributed by atoms with Crippen LogP contribution >= 0.6 is 0 Å². The van der Waals surface area contributed by atoms with Gasteiger partial charge in [-0.1, -0.05) is 54.6 Å². The van der Waals surface area contributed by atoms with Crippen LogP contribution in [0, 0.1) is 0 Å². The molecule has 1 aliphatic heterocycles. The van der Waals surface area contributed by atoms with Crippen molar-refractivity contribution in [1.29, 1.82) is 0 Å². The van der Waals surface area contributed by atoms with Crippen LogP contribution in [-0.4, -0.2) is 49.1 Å². The summed E-state index contributed by atoms with van der Waals surface area (Å²) in [4.78, 5) is 13.8. The van der Waals surface area contributed by atoms with Gasteiger partial charge < -0.3 is 24.2 Å². The average molecular weight is 450 g/mol. The Morgan fingerprint density at radius 2 is 1.97 bits per heavy atom. The van der Waals surface area contributed by atoms with Gasteiger partial charge in [-0.15, -0.1) is 0 Å². The van der Waals surface area contributed by atoms with Crippen molar-refractivity contribution < 1.29 is 24.1 Å². The number of nitrogens with zero attached hydrogens (tertiary/aromatic N) is 1. The number of methoxy groups -OCH3 is 1. The normalized spacial score (nSPS) is 22.8. The molecule has 2 aliphatic rings. The Morgan fingerprint density at radius 1 is 1.21 bits per heavy atom. The van der Waals surface area contributed by atoms with Crippen LogP contribution in [-0.2, 0) is 20.8 Å². The fourth-order valence-corrected chi connectivity index (χ4v) is 4.50. The number of hydrogen-bond donors (Lipinski definition) is 1. The van der Waals surface area contributed by atoms with Crippen LogP contribution in [0.15, 0.2) is 78.4 Å². The highest BCUT2D eigenvalue weighted by Gasteiger charge is 2.43. The number of carbonyl (C=O) groups is 1. The zero-order chi connectivity index (χ0) is 23.3. The minimum atomic E-state index is -0.946. The smallest absolute Gasteiger partial charge is 0.333 e. The van der Waals surface area contributed by atoms with Gasteiger partial charge in [0.25, 0.3) is 0 Å². The van der Waals surface area contributed by atoms with Gasteiger partial charge in [0.15, 0.2) is 6.10 Å². The van der Waals surface area contributed by atoms with Gasteiger partial charge in [0, 0.05) is 33.1 Å². The molecule has 2 aromatic carbocycles. The van der Waals surface area contributed by atoms with Gasteiger partial charge in [-0.05, 0) is 36.3 Å². The molecule has 0 aromatic heterocycles. The van der Waals surface area contributed by atoms with Crippen LogP contribution in [0.2, 0.25) is 0 Å². The maximum Gasteiger partial charge on any atom is 0.333 e. The van der Waals surface area contributed by atoms with Crippen molar-refractivity contribution in [3.8, 4) is 5.75 Å². The van der Waals surface area contributed by atoms with E-state index >= 15 is 0 Å². The topological polar surface area (TPSA) is 68.2 Å². The first-order valence-electron chi connectivity index (χ1n) is 11.4. The SMILES string of the molecule is CCOC(CC1=CCC(OC)(C2CN(Cc3ccccc3)c3ccccc3O2)C=C1)C(=O)O. The molecule has 33 heavy (non-hydrogen) atoms. The molecule has 0 fully saturated rings. The van der Waals surface area contributed by atoms with Gasteiger partial charge in [-0.2, -0.15) is 0 Å². The summed E-state index contributed by atoms with van der Waals surface area (Å²) in [6.07, 6.45) is 5.87. The van der Waals surface area contributed by atoms with E-state index in [-0.39, 0.29) is 6.10 Å². The van der Waals surface area contributed by atoms with E-state index in [1.165, 1.54) is 5.56 Å². The number of ether oxygens (including phenoxy) is 3. The van der Waals surface area contributed by atoms with Crippen LogP contribution in [0.4, 0.5) is 5.69 Å². The van der Waals surface area contributed by atoms with Crippen LogP contribution in [0.3, 0.4) is 0 Å². The van der Waals surface area contributed by atoms with E-state index in [9.17, 15) is 9.90 Å². The van der Waals surface area contributed by atoms with Gasteiger partial charge in [-0.25, -0.2) is 4.79 Å². The van der Waals surface area contributed by atoms with Gasteiger partial charge in [0.1, 0.15) is 17.5 Å². The van der Waals surface area contributed by atoms with Gasteiger partial charge in [0.05, 0.1) is 12.2 Å². The number of para-hydroxylation sites is 2. The fourth-order valence-electron chi connectivity index (χ4n) is 4.50. The lowest BCUT2D eigenvalue weighted by Crippen LogP contribution is -2.54. The molecule has 3 atom stereocenters. The highest BCUT2D eigenvalue weighted by Crippen LogP contribution is 2.40. The standard InChI is InChI=1S/C27H31NO5/c1-3-32-24(26(29)30)17-20-13-15-27(31-2,16-14-20)25-19-28(18-21-9-5-4-6-10-21)22-11-7-8-12-23(22)33-25/h4-15,24-25H,3,16-19H2,1-2H3,(H,29,30). The zero-order valence-electron chi connectivity index (χ0n) is 19.1. The number of allylic oxidation sites excluding steroid dienone is 1. The fraction of sp³-hybridized carbons (Fsp3) is 0.370. The molecular weight excluding hydrogens is 418 g/mol. The first-order chi connectivity index (χ1) is 16.0. The number of rotatable bonds is 9. The summed E-state index contributed by atoms with van der Waals surface area (Å²) in [5.74, 6) is -0.106. The van der Waals surface area contributed by atoms with Crippen molar-refractivity contribution in [2.45, 2.75) is 44.1 Å². The second-order valence-electron chi connectivity index (χ2n) is 8.40. The van der Waals surface area contributed by atoms with Crippen LogP contribution in [0.25, 0.3) is 0 Å². The van der Waals surface area contributed by atoms with Crippen molar-refractivity contribution in [2.24, 2.45) is 0 Å². The third kappa shape index (κ3) is 5.13. The quantitative estimate of drug-likeness (QED) is 0.603. The van der Waals surface area contributed by atoms with Crippen molar-refractivity contribution in [3.05, 3.63) is 84.0 Å². The summed E-state index contributed by atoms with van der Waals surface area (Å²) < 4.78 is 17.9. The van der Waals surface area contributed by atoms with Gasteiger partial charge >= 0.3 is 5.97 Å². The predicted octanol–water partition coefficient (Wildman–Crippen LogP) is 4.61. The van der Waals surface area contributed by atoms with Gasteiger partial charge in [-0.3, -0.25) is 0 Å². The van der Waals surface area contributed by atoms with Crippen LogP contribution < -0.4 is 9.64 Å². The Labute approximate surface area is 195 Å². The molecule has 2 aromatic rings. The second kappa shape index (κ2) is 10.2. The Hall–Kier alpha value is -3.09. The summed E-state index contributed by atoms with van der Waals surface area (Å²) >= 11 is 0. The number of aliphatic carboxylic acids is 1. The van der Waals surface area contributed by atoms with E-state index in [1.54, 1.807) is 14.0 Å². The average Bonchev–Trinajstić information content (AvgIpc) is 2.85. The molecule has 0 amide bonds. The summed E-state index contributed by atoms with van der Waals surface area (Å²) in [5, 5.41) is 9.40. The summed E-state index contributed by atoms with van der Waals surface area (Å²) in [5.41, 5.74) is 2.59. The maximum atomic E-state index is 11.5. The van der Waals surface area contributed by atoms with Crippen molar-refractivity contribution in [3.63, 3.8) is 0 Å². The van der Waals surface area contributed by atoms with Gasteiger partial charge in [0.2, 0.25) is 0 Å². The van der Waals surface area contributed by atoms with Crippen molar-refractivity contribution in [2.75, 3.05) is 25.2 Å². The molecule has 3 unspecified atom stereocenters. The largest absolute Gasteiger partial charge is 0.483 e. The molecule has 0 saturated heterocycles. The Balaban J connectivity index is 1.54. The lowest BCUT2D eigenvalue weighted by Gasteiger charge is -2.44. The maximum absolute atomic E-state index is 11.5. The number of fused-ring (bicyclic) bond motifs is 1. The van der Waals surface area contributed by atoms with Crippen LogP contribution in [0.5, 0.6) is 5.75 Å². The van der Waals surface area contributed by atoms with Crippen molar-refractivity contribution >= 4 is 11.7 Å². The number of anilines is 1. The second-order valence-corrected chi connectivity index (χ2v) is 8.40. The Morgan fingerprint density at radius 3 is 2.64 bits per heavy atom. The lowest BCUT2D eigenvalue weighted by molar-refractivity contribution is -0.149. The lowest BCUT2D eigenvalue weighted by atomic mass is 9.84. The number of carboxylic acids is 1. The highest BCUT2D eigenvalue weighted by molar-refractivity contribution is 5.73. The summed E-state index contributed by atoms with van der Waals surface area (Å²) in [6.45, 7) is 3.61. The zero-order valence-corrected chi connectivity index (χ0v) is 19.1. The van der Waals surface area contributed by atoms with E-state index in [0.29, 0.717) is 26.0 Å². The molecule has 0 radical (unpaired) electrons. The molecule has 1 aliphatic carbocycles. The molecule has 174 valence electrons. The van der Waals surface area contributed by atoms with E-state index in [4.69, 9.17) is 14.2 Å². The molecular formula is C27H31NO5. The van der Waals surface area contributed by atoms with E-state index in [0.717, 1.165) is 23.6 Å². The first-order valence-corrected chi connectivity index (χ1v) is 11.4. The first kappa shape index (κ1) is 23.1. The van der Waals surface area contributed by atoms with Crippen LogP contribution in [0.1, 0.15) is 25.3 Å².